The summed E-state index contributed by atoms with van der Waals surface area (Å²) >= 11 is 0. The first-order valence-electron chi connectivity index (χ1n) is 7.50. The molecule has 1 atom stereocenters. The van der Waals surface area contributed by atoms with Crippen molar-refractivity contribution in [1.29, 1.82) is 0 Å². The van der Waals surface area contributed by atoms with E-state index in [4.69, 9.17) is 0 Å². The second kappa shape index (κ2) is 6.07. The summed E-state index contributed by atoms with van der Waals surface area (Å²) in [5, 5.41) is 3.07. The average molecular weight is 310 g/mol. The molecule has 1 aromatic carbocycles. The number of hydrogen-bond donors (Lipinski definition) is 2. The van der Waals surface area contributed by atoms with Crippen molar-refractivity contribution in [3.8, 4) is 0 Å². The van der Waals surface area contributed by atoms with Crippen molar-refractivity contribution in [2.75, 3.05) is 7.05 Å². The van der Waals surface area contributed by atoms with Crippen molar-refractivity contribution >= 4 is 10.0 Å². The van der Waals surface area contributed by atoms with Gasteiger partial charge in [-0.1, -0.05) is 19.9 Å². The van der Waals surface area contributed by atoms with Crippen LogP contribution in [-0.4, -0.2) is 21.5 Å². The smallest absolute Gasteiger partial charge is 0.240 e. The Balaban J connectivity index is 2.18. The van der Waals surface area contributed by atoms with Gasteiger partial charge in [0.1, 0.15) is 0 Å². The van der Waals surface area contributed by atoms with E-state index < -0.39 is 10.0 Å². The van der Waals surface area contributed by atoms with E-state index in [-0.39, 0.29) is 11.5 Å². The summed E-state index contributed by atoms with van der Waals surface area (Å²) in [7, 11) is -1.57. The number of rotatable bonds is 5. The van der Waals surface area contributed by atoms with Crippen molar-refractivity contribution in [1.82, 2.24) is 10.0 Å². The molecule has 1 fully saturated rings. The summed E-state index contributed by atoms with van der Waals surface area (Å²) in [5.41, 5.74) is 2.36. The van der Waals surface area contributed by atoms with Crippen LogP contribution in [0.3, 0.4) is 0 Å². The van der Waals surface area contributed by atoms with Crippen LogP contribution < -0.4 is 10.0 Å². The zero-order chi connectivity index (χ0) is 15.7. The first kappa shape index (κ1) is 16.5. The zero-order valence-corrected chi connectivity index (χ0v) is 14.2. The van der Waals surface area contributed by atoms with Gasteiger partial charge in [0.2, 0.25) is 10.0 Å². The first-order valence-corrected chi connectivity index (χ1v) is 8.98. The van der Waals surface area contributed by atoms with Crippen LogP contribution in [0.15, 0.2) is 23.1 Å². The van der Waals surface area contributed by atoms with E-state index in [2.05, 4.69) is 23.9 Å². The van der Waals surface area contributed by atoms with Crippen LogP contribution >= 0.6 is 0 Å². The molecule has 118 valence electrons. The van der Waals surface area contributed by atoms with Gasteiger partial charge in [0.05, 0.1) is 4.90 Å². The molecular formula is C16H26N2O2S. The molecular weight excluding hydrogens is 284 g/mol. The maximum absolute atomic E-state index is 12.5. The molecule has 2 rings (SSSR count). The Bertz CT molecular complexity index is 609. The summed E-state index contributed by atoms with van der Waals surface area (Å²) in [4.78, 5) is 0.364. The quantitative estimate of drug-likeness (QED) is 0.879. The molecule has 2 N–H and O–H groups in total. The van der Waals surface area contributed by atoms with Gasteiger partial charge in [-0.15, -0.1) is 0 Å². The van der Waals surface area contributed by atoms with E-state index in [0.717, 1.165) is 30.4 Å². The van der Waals surface area contributed by atoms with Crippen molar-refractivity contribution in [2.45, 2.75) is 57.5 Å². The molecule has 4 nitrogen and oxygen atoms in total. The Morgan fingerprint density at radius 3 is 2.62 bits per heavy atom. The van der Waals surface area contributed by atoms with Crippen LogP contribution in [-0.2, 0) is 16.6 Å². The summed E-state index contributed by atoms with van der Waals surface area (Å²) in [6.07, 6.45) is 2.89. The second-order valence-corrected chi connectivity index (χ2v) is 8.56. The molecule has 1 saturated carbocycles. The fourth-order valence-corrected chi connectivity index (χ4v) is 4.34. The topological polar surface area (TPSA) is 58.2 Å². The third-order valence-electron chi connectivity index (χ3n) is 4.29. The summed E-state index contributed by atoms with van der Waals surface area (Å²) in [6, 6.07) is 5.39. The lowest BCUT2D eigenvalue weighted by Crippen LogP contribution is -2.33. The highest BCUT2D eigenvalue weighted by Gasteiger charge is 2.33. The maximum atomic E-state index is 12.5. The zero-order valence-electron chi connectivity index (χ0n) is 13.4. The van der Waals surface area contributed by atoms with Crippen LogP contribution in [0.1, 0.15) is 44.2 Å². The minimum Gasteiger partial charge on any atom is -0.316 e. The lowest BCUT2D eigenvalue weighted by atomic mass is 9.92. The normalized spacial score (nSPS) is 21.6. The molecule has 0 bridgehead atoms. The molecule has 5 heteroatoms. The van der Waals surface area contributed by atoms with Crippen molar-refractivity contribution < 1.29 is 8.42 Å². The van der Waals surface area contributed by atoms with Gasteiger partial charge in [-0.2, -0.15) is 0 Å². The van der Waals surface area contributed by atoms with Crippen LogP contribution in [0.5, 0.6) is 0 Å². The molecule has 0 aromatic heterocycles. The standard InChI is InChI=1S/C16H26N2O2S/c1-12-5-6-15(9-13(12)11-17-4)21(19,20)18-14-7-8-16(2,3)10-14/h5-6,9,14,17-18H,7-8,10-11H2,1-4H3. The van der Waals surface area contributed by atoms with Crippen molar-refractivity contribution in [3.05, 3.63) is 29.3 Å². The molecule has 1 aliphatic rings. The maximum Gasteiger partial charge on any atom is 0.240 e. The molecule has 0 radical (unpaired) electrons. The Hall–Kier alpha value is -0.910. The summed E-state index contributed by atoms with van der Waals surface area (Å²) < 4.78 is 27.9. The van der Waals surface area contributed by atoms with E-state index >= 15 is 0 Å². The van der Waals surface area contributed by atoms with Crippen LogP contribution in [0, 0.1) is 12.3 Å². The molecule has 0 spiro atoms. The lowest BCUT2D eigenvalue weighted by molar-refractivity contribution is 0.372. The van der Waals surface area contributed by atoms with E-state index in [1.807, 2.05) is 20.0 Å². The minimum absolute atomic E-state index is 0.0547. The number of benzene rings is 1. The second-order valence-electron chi connectivity index (χ2n) is 6.84. The highest BCUT2D eigenvalue weighted by molar-refractivity contribution is 7.89. The molecule has 0 heterocycles. The molecule has 0 aliphatic heterocycles. The van der Waals surface area contributed by atoms with Gasteiger partial charge in [0, 0.05) is 12.6 Å². The minimum atomic E-state index is -3.43. The molecule has 0 saturated heterocycles. The lowest BCUT2D eigenvalue weighted by Gasteiger charge is -2.18. The fourth-order valence-electron chi connectivity index (χ4n) is 3.02. The summed E-state index contributed by atoms with van der Waals surface area (Å²) in [6.45, 7) is 7.05. The average Bonchev–Trinajstić information content (AvgIpc) is 2.70. The largest absolute Gasteiger partial charge is 0.316 e. The van der Waals surface area contributed by atoms with E-state index in [9.17, 15) is 8.42 Å². The predicted molar refractivity (Wildman–Crippen MR) is 85.7 cm³/mol. The van der Waals surface area contributed by atoms with Crippen LogP contribution in [0.2, 0.25) is 0 Å². The van der Waals surface area contributed by atoms with Gasteiger partial charge in [0.25, 0.3) is 0 Å². The Morgan fingerprint density at radius 1 is 1.33 bits per heavy atom. The fraction of sp³-hybridized carbons (Fsp3) is 0.625. The van der Waals surface area contributed by atoms with E-state index in [1.165, 1.54) is 0 Å². The van der Waals surface area contributed by atoms with Crippen LogP contribution in [0.25, 0.3) is 0 Å². The van der Waals surface area contributed by atoms with Gasteiger partial charge in [-0.25, -0.2) is 13.1 Å². The molecule has 1 aromatic rings. The van der Waals surface area contributed by atoms with Crippen LogP contribution in [0.4, 0.5) is 0 Å². The number of aryl methyl sites for hydroxylation is 1. The Morgan fingerprint density at radius 2 is 2.05 bits per heavy atom. The summed E-state index contributed by atoms with van der Waals surface area (Å²) in [5.74, 6) is 0. The van der Waals surface area contributed by atoms with Gasteiger partial charge >= 0.3 is 0 Å². The number of hydrogen-bond acceptors (Lipinski definition) is 3. The Kier molecular flexibility index (Phi) is 4.76. The monoisotopic (exact) mass is 310 g/mol. The molecule has 1 unspecified atom stereocenters. The van der Waals surface area contributed by atoms with Gasteiger partial charge in [-0.05, 0) is 61.9 Å². The van der Waals surface area contributed by atoms with E-state index in [1.54, 1.807) is 12.1 Å². The van der Waals surface area contributed by atoms with Gasteiger partial charge in [0.15, 0.2) is 0 Å². The highest BCUT2D eigenvalue weighted by Crippen LogP contribution is 2.37. The molecule has 1 aliphatic carbocycles. The molecule has 21 heavy (non-hydrogen) atoms. The number of nitrogens with one attached hydrogen (secondary N) is 2. The first-order chi connectivity index (χ1) is 9.73. The third kappa shape index (κ3) is 4.05. The van der Waals surface area contributed by atoms with Crippen molar-refractivity contribution in [2.24, 2.45) is 5.41 Å². The van der Waals surface area contributed by atoms with Gasteiger partial charge in [-0.3, -0.25) is 0 Å². The predicted octanol–water partition coefficient (Wildman–Crippen LogP) is 2.57. The van der Waals surface area contributed by atoms with E-state index in [0.29, 0.717) is 11.4 Å². The SMILES string of the molecule is CNCc1cc(S(=O)(=O)NC2CCC(C)(C)C2)ccc1C. The van der Waals surface area contributed by atoms with Gasteiger partial charge < -0.3 is 5.32 Å². The molecule has 0 amide bonds. The number of sulfonamides is 1. The van der Waals surface area contributed by atoms with Crippen molar-refractivity contribution in [3.63, 3.8) is 0 Å². The highest BCUT2D eigenvalue weighted by atomic mass is 32.2. The Labute approximate surface area is 128 Å². The third-order valence-corrected chi connectivity index (χ3v) is 5.81.